The Kier molecular flexibility index (Phi) is 6.71. The van der Waals surface area contributed by atoms with Crippen LogP contribution in [0.25, 0.3) is 0 Å². The first kappa shape index (κ1) is 21.5. The number of benzene rings is 1. The molecule has 1 aromatic carbocycles. The highest BCUT2D eigenvalue weighted by Gasteiger charge is 2.47. The number of carbonyl (C=O) groups excluding carboxylic acids is 2. The van der Waals surface area contributed by atoms with Gasteiger partial charge in [-0.1, -0.05) is 44.0 Å². The molecule has 0 aromatic heterocycles. The summed E-state index contributed by atoms with van der Waals surface area (Å²) in [5, 5.41) is 11.6. The summed E-state index contributed by atoms with van der Waals surface area (Å²) in [6, 6.07) is 4.89. The Balaban J connectivity index is 2.65. The molecule has 1 N–H and O–H groups in total. The van der Waals surface area contributed by atoms with Crippen molar-refractivity contribution in [3.8, 4) is 0 Å². The van der Waals surface area contributed by atoms with E-state index in [2.05, 4.69) is 4.99 Å². The number of hydrogen-bond acceptors (Lipinski definition) is 5. The maximum absolute atomic E-state index is 12.7. The molecule has 0 aliphatic heterocycles. The normalized spacial score (nSPS) is 20.7. The maximum Gasteiger partial charge on any atom is 0.316 e. The number of aliphatic imine (C=N–C) groups is 1. The molecule has 5 nitrogen and oxygen atoms in total. The summed E-state index contributed by atoms with van der Waals surface area (Å²) < 4.78 is 4.85. The van der Waals surface area contributed by atoms with E-state index in [0.29, 0.717) is 34.3 Å². The highest BCUT2D eigenvalue weighted by molar-refractivity contribution is 6.42. The van der Waals surface area contributed by atoms with E-state index in [-0.39, 0.29) is 23.5 Å². The van der Waals surface area contributed by atoms with Gasteiger partial charge in [0.2, 0.25) is 0 Å². The lowest BCUT2D eigenvalue weighted by atomic mass is 9.67. The molecule has 7 heteroatoms. The molecule has 27 heavy (non-hydrogen) atoms. The summed E-state index contributed by atoms with van der Waals surface area (Å²) in [4.78, 5) is 29.5. The maximum atomic E-state index is 12.7. The molecule has 0 saturated carbocycles. The minimum atomic E-state index is -0.925. The van der Waals surface area contributed by atoms with Crippen LogP contribution in [0.4, 0.5) is 5.69 Å². The monoisotopic (exact) mass is 411 g/mol. The van der Waals surface area contributed by atoms with Crippen molar-refractivity contribution >= 4 is 46.4 Å². The Bertz CT molecular complexity index is 827. The van der Waals surface area contributed by atoms with Gasteiger partial charge in [-0.15, -0.1) is 0 Å². The molecular formula is C20H23Cl2NO4. The summed E-state index contributed by atoms with van der Waals surface area (Å²) in [6.45, 7) is 5.53. The molecule has 2 rings (SSSR count). The van der Waals surface area contributed by atoms with Crippen molar-refractivity contribution < 1.29 is 19.4 Å². The molecule has 0 bridgehead atoms. The number of aliphatic hydroxyl groups excluding tert-OH is 1. The highest BCUT2D eigenvalue weighted by Crippen LogP contribution is 2.43. The number of allylic oxidation sites excluding steroid dienone is 1. The molecule has 1 aliphatic rings. The van der Waals surface area contributed by atoms with E-state index in [9.17, 15) is 14.7 Å². The van der Waals surface area contributed by atoms with Crippen molar-refractivity contribution in [3.63, 3.8) is 0 Å². The quantitative estimate of drug-likeness (QED) is 0.651. The van der Waals surface area contributed by atoms with E-state index in [4.69, 9.17) is 27.9 Å². The number of ketones is 1. The van der Waals surface area contributed by atoms with Crippen molar-refractivity contribution in [1.82, 2.24) is 0 Å². The Hall–Kier alpha value is -1.85. The van der Waals surface area contributed by atoms with Crippen LogP contribution in [-0.2, 0) is 14.3 Å². The topological polar surface area (TPSA) is 76.0 Å². The number of carbonyl (C=O) groups is 2. The molecule has 0 saturated heterocycles. The molecule has 0 fully saturated rings. The van der Waals surface area contributed by atoms with Crippen LogP contribution in [0.5, 0.6) is 0 Å². The lowest BCUT2D eigenvalue weighted by Gasteiger charge is -2.37. The standard InChI is InChI=1S/C20H23Cl2NO4/c1-5-6-15(24)16-14(23-11-7-8-12(21)13(22)9-11)10-20(2,3)17(18(16)25)19(26)27-4/h7-9,17,25H,5-6,10H2,1-4H3/t17-/m0/s1. The van der Waals surface area contributed by atoms with Gasteiger partial charge >= 0.3 is 5.97 Å². The third kappa shape index (κ3) is 4.53. The summed E-state index contributed by atoms with van der Waals surface area (Å²) in [5.74, 6) is -2.03. The zero-order valence-corrected chi connectivity index (χ0v) is 17.3. The summed E-state index contributed by atoms with van der Waals surface area (Å²) >= 11 is 12.0. The number of Topliss-reactive ketones (excluding diaryl/α,β-unsaturated/α-hetero) is 1. The number of hydrogen-bond donors (Lipinski definition) is 1. The number of aliphatic hydroxyl groups is 1. The van der Waals surface area contributed by atoms with Crippen LogP contribution in [-0.4, -0.2) is 29.7 Å². The van der Waals surface area contributed by atoms with Gasteiger partial charge in [0.25, 0.3) is 0 Å². The first-order valence-corrected chi connectivity index (χ1v) is 9.45. The zero-order chi connectivity index (χ0) is 20.4. The Morgan fingerprint density at radius 2 is 1.96 bits per heavy atom. The third-order valence-corrected chi connectivity index (χ3v) is 5.32. The van der Waals surface area contributed by atoms with Gasteiger partial charge in [-0.25, -0.2) is 0 Å². The van der Waals surface area contributed by atoms with Crippen LogP contribution in [0.15, 0.2) is 34.5 Å². The molecule has 0 spiro atoms. The van der Waals surface area contributed by atoms with E-state index in [1.54, 1.807) is 18.2 Å². The number of nitrogens with zero attached hydrogens (tertiary/aromatic N) is 1. The SMILES string of the molecule is CCCC(=O)C1=C(O)[C@@H](C(=O)OC)C(C)(C)CC1=Nc1ccc(Cl)c(Cl)c1. The van der Waals surface area contributed by atoms with Crippen LogP contribution in [0.3, 0.4) is 0 Å². The minimum Gasteiger partial charge on any atom is -0.511 e. The summed E-state index contributed by atoms with van der Waals surface area (Å²) in [5.41, 5.74) is 0.357. The fourth-order valence-corrected chi connectivity index (χ4v) is 3.59. The van der Waals surface area contributed by atoms with Crippen molar-refractivity contribution in [2.24, 2.45) is 16.3 Å². The Morgan fingerprint density at radius 1 is 1.30 bits per heavy atom. The van der Waals surface area contributed by atoms with Crippen LogP contribution in [0, 0.1) is 11.3 Å². The third-order valence-electron chi connectivity index (χ3n) is 4.58. The molecule has 1 atom stereocenters. The Labute approximate surface area is 169 Å². The van der Waals surface area contributed by atoms with E-state index < -0.39 is 17.3 Å². The van der Waals surface area contributed by atoms with E-state index in [1.807, 2.05) is 20.8 Å². The first-order valence-electron chi connectivity index (χ1n) is 8.69. The molecule has 146 valence electrons. The van der Waals surface area contributed by atoms with Crippen LogP contribution in [0.2, 0.25) is 10.0 Å². The number of ether oxygens (including phenoxy) is 1. The van der Waals surface area contributed by atoms with E-state index in [0.717, 1.165) is 0 Å². The van der Waals surface area contributed by atoms with Crippen molar-refractivity contribution in [1.29, 1.82) is 0 Å². The average Bonchev–Trinajstić information content (AvgIpc) is 2.57. The number of halogens is 2. The summed E-state index contributed by atoms with van der Waals surface area (Å²) in [6.07, 6.45) is 1.18. The molecule has 0 unspecified atom stereocenters. The molecule has 1 aliphatic carbocycles. The number of esters is 1. The average molecular weight is 412 g/mol. The second-order valence-corrected chi connectivity index (χ2v) is 8.03. The van der Waals surface area contributed by atoms with E-state index >= 15 is 0 Å². The minimum absolute atomic E-state index is 0.0950. The van der Waals surface area contributed by atoms with Gasteiger partial charge in [-0.3, -0.25) is 14.6 Å². The largest absolute Gasteiger partial charge is 0.511 e. The van der Waals surface area contributed by atoms with Crippen molar-refractivity contribution in [2.75, 3.05) is 7.11 Å². The number of rotatable bonds is 5. The Morgan fingerprint density at radius 3 is 2.52 bits per heavy atom. The predicted octanol–water partition coefficient (Wildman–Crippen LogP) is 5.47. The molecular weight excluding hydrogens is 389 g/mol. The molecule has 0 heterocycles. The first-order chi connectivity index (χ1) is 12.6. The van der Waals surface area contributed by atoms with Crippen molar-refractivity contribution in [3.05, 3.63) is 39.6 Å². The van der Waals surface area contributed by atoms with Gasteiger partial charge in [-0.05, 0) is 36.5 Å². The predicted molar refractivity (Wildman–Crippen MR) is 107 cm³/mol. The van der Waals surface area contributed by atoms with Crippen LogP contribution >= 0.6 is 23.2 Å². The second-order valence-electron chi connectivity index (χ2n) is 7.21. The zero-order valence-electron chi connectivity index (χ0n) is 15.8. The van der Waals surface area contributed by atoms with Crippen LogP contribution in [0.1, 0.15) is 40.0 Å². The molecule has 0 radical (unpaired) electrons. The molecule has 0 amide bonds. The van der Waals surface area contributed by atoms with Gasteiger partial charge < -0.3 is 9.84 Å². The fraction of sp³-hybridized carbons (Fsp3) is 0.450. The van der Waals surface area contributed by atoms with Gasteiger partial charge in [0.1, 0.15) is 11.7 Å². The molecule has 1 aromatic rings. The van der Waals surface area contributed by atoms with Crippen molar-refractivity contribution in [2.45, 2.75) is 40.0 Å². The fourth-order valence-electron chi connectivity index (χ4n) is 3.29. The summed E-state index contributed by atoms with van der Waals surface area (Å²) in [7, 11) is 1.26. The van der Waals surface area contributed by atoms with Gasteiger partial charge in [0.15, 0.2) is 5.78 Å². The van der Waals surface area contributed by atoms with Gasteiger partial charge in [-0.2, -0.15) is 0 Å². The highest BCUT2D eigenvalue weighted by atomic mass is 35.5. The second kappa shape index (κ2) is 8.44. The lowest BCUT2D eigenvalue weighted by molar-refractivity contribution is -0.149. The van der Waals surface area contributed by atoms with Gasteiger partial charge in [0, 0.05) is 6.42 Å². The van der Waals surface area contributed by atoms with Crippen LogP contribution < -0.4 is 0 Å². The number of methoxy groups -OCH3 is 1. The smallest absolute Gasteiger partial charge is 0.316 e. The van der Waals surface area contributed by atoms with E-state index in [1.165, 1.54) is 7.11 Å². The lowest BCUT2D eigenvalue weighted by Crippen LogP contribution is -2.41. The van der Waals surface area contributed by atoms with Gasteiger partial charge in [0.05, 0.1) is 34.1 Å².